The van der Waals surface area contributed by atoms with Gasteiger partial charge in [0.2, 0.25) is 0 Å². The van der Waals surface area contributed by atoms with Crippen molar-refractivity contribution in [3.63, 3.8) is 0 Å². The Balaban J connectivity index is 3.16. The number of nitriles is 1. The highest BCUT2D eigenvalue weighted by molar-refractivity contribution is 9.10. The zero-order chi connectivity index (χ0) is 8.97. The van der Waals surface area contributed by atoms with E-state index in [0.29, 0.717) is 5.56 Å². The van der Waals surface area contributed by atoms with E-state index in [2.05, 4.69) is 27.8 Å². The molecule has 0 aliphatic heterocycles. The molecular weight excluding hydrogens is 218 g/mol. The third kappa shape index (κ3) is 2.02. The zero-order valence-corrected chi connectivity index (χ0v) is 7.59. The fraction of sp³-hybridized carbons (Fsp3) is 0. The monoisotopic (exact) mass is 221 g/mol. The van der Waals surface area contributed by atoms with Gasteiger partial charge in [0.25, 0.3) is 0 Å². The molecule has 0 saturated heterocycles. The summed E-state index contributed by atoms with van der Waals surface area (Å²) in [5, 5.41) is 17.4. The molecule has 0 bridgehead atoms. The minimum absolute atomic E-state index is 0.0842. The molecule has 0 heterocycles. The highest BCUT2D eigenvalue weighted by Crippen LogP contribution is 2.20. The van der Waals surface area contributed by atoms with Crippen molar-refractivity contribution < 1.29 is 5.11 Å². The maximum atomic E-state index is 9.23. The van der Waals surface area contributed by atoms with Gasteiger partial charge in [-0.05, 0) is 24.1 Å². The summed E-state index contributed by atoms with van der Waals surface area (Å²) in [6, 6.07) is 6.55. The summed E-state index contributed by atoms with van der Waals surface area (Å²) in [4.78, 5) is 0. The number of benzene rings is 1. The van der Waals surface area contributed by atoms with E-state index in [1.807, 2.05) is 0 Å². The molecule has 0 saturated carbocycles. The Hall–Kier alpha value is -1.45. The molecule has 0 radical (unpaired) electrons. The third-order valence-corrected chi connectivity index (χ3v) is 1.70. The molecule has 0 aliphatic rings. The number of hydrogen-bond acceptors (Lipinski definition) is 2. The highest BCUT2D eigenvalue weighted by atomic mass is 79.9. The standard InChI is InChI=1S/C9H4BrNO/c10-8-3-4-9(12)7(6-8)2-1-5-11/h3-4,6,12H. The highest BCUT2D eigenvalue weighted by Gasteiger charge is 1.96. The average Bonchev–Trinajstić information content (AvgIpc) is 2.07. The summed E-state index contributed by atoms with van der Waals surface area (Å²) in [5.74, 6) is 4.80. The van der Waals surface area contributed by atoms with E-state index in [4.69, 9.17) is 5.26 Å². The van der Waals surface area contributed by atoms with Gasteiger partial charge in [-0.25, -0.2) is 0 Å². The minimum Gasteiger partial charge on any atom is -0.507 e. The van der Waals surface area contributed by atoms with Gasteiger partial charge in [-0.3, -0.25) is 0 Å². The van der Waals surface area contributed by atoms with E-state index in [0.717, 1.165) is 4.47 Å². The third-order valence-electron chi connectivity index (χ3n) is 1.21. The molecule has 0 amide bonds. The Kier molecular flexibility index (Phi) is 2.74. The lowest BCUT2D eigenvalue weighted by Crippen LogP contribution is -1.75. The van der Waals surface area contributed by atoms with Crippen molar-refractivity contribution in [2.24, 2.45) is 0 Å². The molecule has 12 heavy (non-hydrogen) atoms. The topological polar surface area (TPSA) is 44.0 Å². The van der Waals surface area contributed by atoms with E-state index < -0.39 is 0 Å². The first-order valence-electron chi connectivity index (χ1n) is 3.12. The molecule has 58 valence electrons. The van der Waals surface area contributed by atoms with Crippen molar-refractivity contribution in [3.05, 3.63) is 28.2 Å². The first kappa shape index (κ1) is 8.64. The second-order valence-electron chi connectivity index (χ2n) is 2.02. The van der Waals surface area contributed by atoms with Gasteiger partial charge in [0, 0.05) is 10.4 Å². The van der Waals surface area contributed by atoms with Crippen LogP contribution >= 0.6 is 15.9 Å². The van der Waals surface area contributed by atoms with E-state index in [1.165, 1.54) is 6.07 Å². The van der Waals surface area contributed by atoms with Gasteiger partial charge < -0.3 is 5.11 Å². The Morgan fingerprint density at radius 2 is 2.17 bits per heavy atom. The van der Waals surface area contributed by atoms with Gasteiger partial charge in [0.1, 0.15) is 5.75 Å². The molecule has 3 heteroatoms. The molecule has 1 rings (SSSR count). The largest absolute Gasteiger partial charge is 0.507 e. The molecule has 0 unspecified atom stereocenters. The van der Waals surface area contributed by atoms with Crippen LogP contribution in [0.1, 0.15) is 5.56 Å². The van der Waals surface area contributed by atoms with Crippen LogP contribution < -0.4 is 0 Å². The van der Waals surface area contributed by atoms with Crippen LogP contribution in [0.3, 0.4) is 0 Å². The van der Waals surface area contributed by atoms with Gasteiger partial charge in [0.05, 0.1) is 5.56 Å². The summed E-state index contributed by atoms with van der Waals surface area (Å²) < 4.78 is 0.822. The first-order chi connectivity index (χ1) is 5.74. The number of hydrogen-bond donors (Lipinski definition) is 1. The summed E-state index contributed by atoms with van der Waals surface area (Å²) in [6.07, 6.45) is 0. The molecule has 1 aromatic carbocycles. The van der Waals surface area contributed by atoms with Gasteiger partial charge in [-0.15, -0.1) is 0 Å². The Morgan fingerprint density at radius 1 is 1.42 bits per heavy atom. The average molecular weight is 222 g/mol. The number of phenols is 1. The number of aromatic hydroxyl groups is 1. The summed E-state index contributed by atoms with van der Waals surface area (Å²) in [5.41, 5.74) is 0.450. The van der Waals surface area contributed by atoms with Crippen molar-refractivity contribution in [1.82, 2.24) is 0 Å². The van der Waals surface area contributed by atoms with E-state index in [9.17, 15) is 5.11 Å². The lowest BCUT2D eigenvalue weighted by molar-refractivity contribution is 0.473. The predicted octanol–water partition coefficient (Wildman–Crippen LogP) is 2.03. The summed E-state index contributed by atoms with van der Waals surface area (Å²) in [6.45, 7) is 0. The SMILES string of the molecule is N#CC#Cc1cc(Br)ccc1O. The molecule has 0 spiro atoms. The van der Waals surface area contributed by atoms with Gasteiger partial charge >= 0.3 is 0 Å². The van der Waals surface area contributed by atoms with Crippen LogP contribution in [0.4, 0.5) is 0 Å². The number of nitrogens with zero attached hydrogens (tertiary/aromatic N) is 1. The second kappa shape index (κ2) is 3.80. The Bertz CT molecular complexity index is 395. The molecule has 2 nitrogen and oxygen atoms in total. The molecule has 0 aliphatic carbocycles. The van der Waals surface area contributed by atoms with Crippen LogP contribution in [0.15, 0.2) is 22.7 Å². The Morgan fingerprint density at radius 3 is 2.83 bits per heavy atom. The number of rotatable bonds is 0. The lowest BCUT2D eigenvalue weighted by atomic mass is 10.2. The van der Waals surface area contributed by atoms with Crippen molar-refractivity contribution in [2.45, 2.75) is 0 Å². The van der Waals surface area contributed by atoms with Crippen molar-refractivity contribution >= 4 is 15.9 Å². The minimum atomic E-state index is 0.0842. The van der Waals surface area contributed by atoms with E-state index in [-0.39, 0.29) is 5.75 Å². The normalized spacial score (nSPS) is 8.00. The molecule has 0 fully saturated rings. The van der Waals surface area contributed by atoms with Crippen LogP contribution in [-0.2, 0) is 0 Å². The molecule has 0 atom stereocenters. The van der Waals surface area contributed by atoms with E-state index >= 15 is 0 Å². The van der Waals surface area contributed by atoms with Crippen LogP contribution in [0.2, 0.25) is 0 Å². The lowest BCUT2D eigenvalue weighted by Gasteiger charge is -1.95. The van der Waals surface area contributed by atoms with Crippen molar-refractivity contribution in [3.8, 4) is 23.7 Å². The van der Waals surface area contributed by atoms with Crippen LogP contribution in [0, 0.1) is 23.2 Å². The molecular formula is C9H4BrNO. The van der Waals surface area contributed by atoms with Crippen molar-refractivity contribution in [2.75, 3.05) is 0 Å². The Labute approximate surface area is 78.6 Å². The zero-order valence-electron chi connectivity index (χ0n) is 6.00. The van der Waals surface area contributed by atoms with Crippen LogP contribution in [0.25, 0.3) is 0 Å². The maximum Gasteiger partial charge on any atom is 0.152 e. The number of phenolic OH excluding ortho intramolecular Hbond substituents is 1. The summed E-state index contributed by atoms with van der Waals surface area (Å²) in [7, 11) is 0. The van der Waals surface area contributed by atoms with Gasteiger partial charge in [-0.1, -0.05) is 15.9 Å². The smallest absolute Gasteiger partial charge is 0.152 e. The molecule has 1 aromatic rings. The van der Waals surface area contributed by atoms with Gasteiger partial charge in [0.15, 0.2) is 6.07 Å². The fourth-order valence-corrected chi connectivity index (χ4v) is 1.06. The number of halogens is 1. The quantitative estimate of drug-likeness (QED) is 0.682. The van der Waals surface area contributed by atoms with Gasteiger partial charge in [-0.2, -0.15) is 5.26 Å². The van der Waals surface area contributed by atoms with Crippen LogP contribution in [-0.4, -0.2) is 5.11 Å². The predicted molar refractivity (Wildman–Crippen MR) is 48.3 cm³/mol. The first-order valence-corrected chi connectivity index (χ1v) is 3.92. The molecule has 0 aromatic heterocycles. The summed E-state index contributed by atoms with van der Waals surface area (Å²) >= 11 is 3.23. The maximum absolute atomic E-state index is 9.23. The second-order valence-corrected chi connectivity index (χ2v) is 2.94. The van der Waals surface area contributed by atoms with Crippen LogP contribution in [0.5, 0.6) is 5.75 Å². The van der Waals surface area contributed by atoms with Crippen molar-refractivity contribution in [1.29, 1.82) is 5.26 Å². The van der Waals surface area contributed by atoms with E-state index in [1.54, 1.807) is 18.2 Å². The fourth-order valence-electron chi connectivity index (χ4n) is 0.704. The molecule has 1 N–H and O–H groups in total.